The Morgan fingerprint density at radius 2 is 1.95 bits per heavy atom. The zero-order valence-electron chi connectivity index (χ0n) is 12.9. The maximum absolute atomic E-state index is 5.70. The third-order valence-corrected chi connectivity index (χ3v) is 3.27. The van der Waals surface area contributed by atoms with Gasteiger partial charge in [0.2, 0.25) is 0 Å². The minimum absolute atomic E-state index is 0.735. The van der Waals surface area contributed by atoms with E-state index in [2.05, 4.69) is 24.3 Å². The molecule has 1 N–H and O–H groups in total. The van der Waals surface area contributed by atoms with Crippen molar-refractivity contribution in [3.8, 4) is 17.1 Å². The van der Waals surface area contributed by atoms with Crippen molar-refractivity contribution in [3.05, 3.63) is 36.0 Å². The summed E-state index contributed by atoms with van der Waals surface area (Å²) >= 11 is 0. The molecule has 0 radical (unpaired) electrons. The van der Waals surface area contributed by atoms with Gasteiger partial charge in [-0.05, 0) is 37.2 Å². The summed E-state index contributed by atoms with van der Waals surface area (Å²) in [5, 5.41) is 7.28. The van der Waals surface area contributed by atoms with Crippen molar-refractivity contribution in [3.63, 3.8) is 0 Å². The minimum Gasteiger partial charge on any atom is -0.494 e. The molecule has 0 aliphatic heterocycles. The first-order chi connectivity index (χ1) is 10.3. The molecular formula is C17H24N2O2. The van der Waals surface area contributed by atoms with Crippen LogP contribution in [0.5, 0.6) is 5.75 Å². The number of nitrogens with one attached hydrogen (secondary N) is 1. The standard InChI is InChI=1S/C17H24N2O2/c1-3-5-6-11-20-16-9-7-14(8-10-16)17-12-15(19-21-17)13-18-4-2/h7-10,12,18H,3-6,11,13H2,1-2H3. The van der Waals surface area contributed by atoms with E-state index in [0.29, 0.717) is 0 Å². The fourth-order valence-electron chi connectivity index (χ4n) is 2.04. The Kier molecular flexibility index (Phi) is 6.28. The number of nitrogens with zero attached hydrogens (tertiary/aromatic N) is 1. The lowest BCUT2D eigenvalue weighted by atomic mass is 10.1. The molecule has 114 valence electrons. The molecule has 0 aliphatic carbocycles. The summed E-state index contributed by atoms with van der Waals surface area (Å²) < 4.78 is 11.1. The second-order valence-electron chi connectivity index (χ2n) is 5.04. The van der Waals surface area contributed by atoms with Crippen LogP contribution in [0.4, 0.5) is 0 Å². The average Bonchev–Trinajstić information content (AvgIpc) is 2.99. The first-order valence-corrected chi connectivity index (χ1v) is 7.73. The second-order valence-corrected chi connectivity index (χ2v) is 5.04. The maximum atomic E-state index is 5.70. The van der Waals surface area contributed by atoms with Gasteiger partial charge in [-0.1, -0.05) is 31.8 Å². The van der Waals surface area contributed by atoms with E-state index in [1.807, 2.05) is 30.3 Å². The Hall–Kier alpha value is -1.81. The van der Waals surface area contributed by atoms with E-state index in [-0.39, 0.29) is 0 Å². The Morgan fingerprint density at radius 1 is 1.14 bits per heavy atom. The van der Waals surface area contributed by atoms with Crippen molar-refractivity contribution in [2.24, 2.45) is 0 Å². The van der Waals surface area contributed by atoms with Crippen molar-refractivity contribution in [2.45, 2.75) is 39.7 Å². The van der Waals surface area contributed by atoms with Crippen LogP contribution in [0.25, 0.3) is 11.3 Å². The van der Waals surface area contributed by atoms with Crippen LogP contribution >= 0.6 is 0 Å². The molecule has 0 spiro atoms. The van der Waals surface area contributed by atoms with Crippen LogP contribution in [-0.4, -0.2) is 18.3 Å². The van der Waals surface area contributed by atoms with Gasteiger partial charge < -0.3 is 14.6 Å². The van der Waals surface area contributed by atoms with Gasteiger partial charge in [0.25, 0.3) is 0 Å². The van der Waals surface area contributed by atoms with Crippen LogP contribution in [-0.2, 0) is 6.54 Å². The summed E-state index contributed by atoms with van der Waals surface area (Å²) in [5.74, 6) is 1.70. The highest BCUT2D eigenvalue weighted by atomic mass is 16.5. The maximum Gasteiger partial charge on any atom is 0.167 e. The SMILES string of the molecule is CCCCCOc1ccc(-c2cc(CNCC)no2)cc1. The van der Waals surface area contributed by atoms with Crippen molar-refractivity contribution in [1.82, 2.24) is 10.5 Å². The molecule has 0 bridgehead atoms. The number of ether oxygens (including phenoxy) is 1. The predicted octanol–water partition coefficient (Wildman–Crippen LogP) is 4.02. The number of unbranched alkanes of at least 4 members (excludes halogenated alkanes) is 2. The van der Waals surface area contributed by atoms with Gasteiger partial charge in [-0.2, -0.15) is 0 Å². The van der Waals surface area contributed by atoms with Gasteiger partial charge in [-0.25, -0.2) is 0 Å². The number of hydrogen-bond donors (Lipinski definition) is 1. The highest BCUT2D eigenvalue weighted by Crippen LogP contribution is 2.23. The first kappa shape index (κ1) is 15.6. The van der Waals surface area contributed by atoms with Gasteiger partial charge in [0.05, 0.1) is 12.3 Å². The summed E-state index contributed by atoms with van der Waals surface area (Å²) in [5.41, 5.74) is 1.94. The van der Waals surface area contributed by atoms with E-state index < -0.39 is 0 Å². The molecular weight excluding hydrogens is 264 g/mol. The smallest absolute Gasteiger partial charge is 0.167 e. The van der Waals surface area contributed by atoms with E-state index in [0.717, 1.165) is 48.9 Å². The molecule has 21 heavy (non-hydrogen) atoms. The second kappa shape index (κ2) is 8.47. The Balaban J connectivity index is 1.90. The van der Waals surface area contributed by atoms with Gasteiger partial charge in [-0.3, -0.25) is 0 Å². The molecule has 4 nitrogen and oxygen atoms in total. The van der Waals surface area contributed by atoms with E-state index in [9.17, 15) is 0 Å². The van der Waals surface area contributed by atoms with Crippen LogP contribution in [0.2, 0.25) is 0 Å². The van der Waals surface area contributed by atoms with Crippen LogP contribution in [0.3, 0.4) is 0 Å². The van der Waals surface area contributed by atoms with Gasteiger partial charge in [0, 0.05) is 18.2 Å². The lowest BCUT2D eigenvalue weighted by Crippen LogP contribution is -2.11. The Labute approximate surface area is 126 Å². The average molecular weight is 288 g/mol. The van der Waals surface area contributed by atoms with Gasteiger partial charge in [0.15, 0.2) is 5.76 Å². The van der Waals surface area contributed by atoms with Gasteiger partial charge in [0.1, 0.15) is 5.75 Å². The highest BCUT2D eigenvalue weighted by Gasteiger charge is 2.06. The molecule has 0 fully saturated rings. The molecule has 0 unspecified atom stereocenters. The van der Waals surface area contributed by atoms with E-state index in [4.69, 9.17) is 9.26 Å². The van der Waals surface area contributed by atoms with Crippen molar-refractivity contribution in [2.75, 3.05) is 13.2 Å². The first-order valence-electron chi connectivity index (χ1n) is 7.73. The molecule has 1 aromatic carbocycles. The van der Waals surface area contributed by atoms with Gasteiger partial charge in [-0.15, -0.1) is 0 Å². The Bertz CT molecular complexity index is 520. The third-order valence-electron chi connectivity index (χ3n) is 3.27. The number of rotatable bonds is 9. The van der Waals surface area contributed by atoms with E-state index >= 15 is 0 Å². The van der Waals surface area contributed by atoms with Crippen molar-refractivity contribution in [1.29, 1.82) is 0 Å². The van der Waals surface area contributed by atoms with Crippen LogP contribution in [0.15, 0.2) is 34.9 Å². The molecule has 0 atom stereocenters. The fourth-order valence-corrected chi connectivity index (χ4v) is 2.04. The molecule has 2 rings (SSSR count). The van der Waals surface area contributed by atoms with Crippen LogP contribution < -0.4 is 10.1 Å². The summed E-state index contributed by atoms with van der Waals surface area (Å²) in [6.45, 7) is 6.70. The predicted molar refractivity (Wildman–Crippen MR) is 84.3 cm³/mol. The third kappa shape index (κ3) is 4.90. The molecule has 2 aromatic rings. The molecule has 1 aromatic heterocycles. The Morgan fingerprint density at radius 3 is 2.67 bits per heavy atom. The van der Waals surface area contributed by atoms with Crippen LogP contribution in [0.1, 0.15) is 38.8 Å². The van der Waals surface area contributed by atoms with Crippen molar-refractivity contribution < 1.29 is 9.26 Å². The monoisotopic (exact) mass is 288 g/mol. The van der Waals surface area contributed by atoms with Crippen LogP contribution in [0, 0.1) is 0 Å². The normalized spacial score (nSPS) is 10.8. The largest absolute Gasteiger partial charge is 0.494 e. The molecule has 4 heteroatoms. The summed E-state index contributed by atoms with van der Waals surface area (Å²) in [7, 11) is 0. The summed E-state index contributed by atoms with van der Waals surface area (Å²) in [6, 6.07) is 9.95. The molecule has 1 heterocycles. The van der Waals surface area contributed by atoms with Gasteiger partial charge >= 0.3 is 0 Å². The van der Waals surface area contributed by atoms with E-state index in [1.54, 1.807) is 0 Å². The number of hydrogen-bond acceptors (Lipinski definition) is 4. The molecule has 0 aliphatic rings. The molecule has 0 amide bonds. The van der Waals surface area contributed by atoms with Crippen molar-refractivity contribution >= 4 is 0 Å². The summed E-state index contributed by atoms with van der Waals surface area (Å²) in [6.07, 6.45) is 3.53. The fraction of sp³-hybridized carbons (Fsp3) is 0.471. The zero-order valence-corrected chi connectivity index (χ0v) is 12.9. The zero-order chi connectivity index (χ0) is 14.9. The lowest BCUT2D eigenvalue weighted by molar-refractivity contribution is 0.306. The molecule has 0 saturated heterocycles. The number of aromatic nitrogens is 1. The number of benzene rings is 1. The topological polar surface area (TPSA) is 47.3 Å². The highest BCUT2D eigenvalue weighted by molar-refractivity contribution is 5.58. The lowest BCUT2D eigenvalue weighted by Gasteiger charge is -2.05. The van der Waals surface area contributed by atoms with E-state index in [1.165, 1.54) is 12.8 Å². The summed E-state index contributed by atoms with van der Waals surface area (Å²) in [4.78, 5) is 0. The molecule has 0 saturated carbocycles. The minimum atomic E-state index is 0.735. The quantitative estimate of drug-likeness (QED) is 0.708.